The largest absolute Gasteiger partial charge is 0.481 e. The Hall–Kier alpha value is -2.26. The lowest BCUT2D eigenvalue weighted by Gasteiger charge is -2.23. The topological polar surface area (TPSA) is 106 Å². The zero-order chi connectivity index (χ0) is 18.4. The summed E-state index contributed by atoms with van der Waals surface area (Å²) in [7, 11) is 0. The molecule has 0 aromatic carbocycles. The summed E-state index contributed by atoms with van der Waals surface area (Å²) in [5.41, 5.74) is 2.55. The Balaban J connectivity index is 1.51. The molecule has 9 heteroatoms. The van der Waals surface area contributed by atoms with Crippen molar-refractivity contribution < 1.29 is 19.4 Å². The minimum atomic E-state index is -0.972. The van der Waals surface area contributed by atoms with Gasteiger partial charge in [-0.05, 0) is 26.7 Å². The predicted octanol–water partition coefficient (Wildman–Crippen LogP) is 2.15. The standard InChI is InChI=1S/C17H20N4O4S/c1-3-21-6-9(8(2)20-21)10-7-26-17(18-10)19-15(22)13-11-4-5-12(25-11)14(13)16(23)24/h6-7,11-14H,3-5H2,1-2H3,(H,23,24)(H,18,19,22)/t11-,12-,13-,14-/m1/s1. The zero-order valence-electron chi connectivity index (χ0n) is 14.5. The van der Waals surface area contributed by atoms with Crippen LogP contribution in [0.25, 0.3) is 11.3 Å². The van der Waals surface area contributed by atoms with Crippen molar-refractivity contribution in [2.24, 2.45) is 11.8 Å². The summed E-state index contributed by atoms with van der Waals surface area (Å²) in [5, 5.41) is 19.0. The number of carboxylic acid groups (broad SMARTS) is 1. The number of carbonyl (C=O) groups excluding carboxylic acids is 1. The number of amides is 1. The van der Waals surface area contributed by atoms with Gasteiger partial charge in [-0.1, -0.05) is 0 Å². The van der Waals surface area contributed by atoms with Crippen LogP contribution >= 0.6 is 11.3 Å². The van der Waals surface area contributed by atoms with E-state index in [0.29, 0.717) is 11.6 Å². The van der Waals surface area contributed by atoms with Crippen LogP contribution in [-0.2, 0) is 20.9 Å². The van der Waals surface area contributed by atoms with Crippen molar-refractivity contribution in [2.75, 3.05) is 5.32 Å². The van der Waals surface area contributed by atoms with Gasteiger partial charge >= 0.3 is 5.97 Å². The van der Waals surface area contributed by atoms with Gasteiger partial charge < -0.3 is 15.2 Å². The quantitative estimate of drug-likeness (QED) is 0.828. The van der Waals surface area contributed by atoms with Gasteiger partial charge in [0, 0.05) is 23.7 Å². The third-order valence-electron chi connectivity index (χ3n) is 5.14. The molecule has 4 atom stereocenters. The number of aliphatic carboxylic acids is 1. The highest BCUT2D eigenvalue weighted by Crippen LogP contribution is 2.44. The number of anilines is 1. The number of carboxylic acids is 1. The Morgan fingerprint density at radius 3 is 2.77 bits per heavy atom. The summed E-state index contributed by atoms with van der Waals surface area (Å²) < 4.78 is 7.49. The van der Waals surface area contributed by atoms with Crippen LogP contribution in [-0.4, -0.2) is 44.0 Å². The Bertz CT molecular complexity index is 861. The van der Waals surface area contributed by atoms with Gasteiger partial charge in [0.05, 0.1) is 35.4 Å². The molecule has 8 nitrogen and oxygen atoms in total. The number of aromatic nitrogens is 3. The van der Waals surface area contributed by atoms with Crippen molar-refractivity contribution in [2.45, 2.75) is 45.4 Å². The molecule has 4 heterocycles. The van der Waals surface area contributed by atoms with E-state index in [4.69, 9.17) is 4.74 Å². The molecular weight excluding hydrogens is 356 g/mol. The molecule has 0 saturated carbocycles. The number of rotatable bonds is 5. The molecule has 2 N–H and O–H groups in total. The molecular formula is C17H20N4O4S. The van der Waals surface area contributed by atoms with E-state index in [-0.39, 0.29) is 18.1 Å². The summed E-state index contributed by atoms with van der Waals surface area (Å²) >= 11 is 1.32. The highest BCUT2D eigenvalue weighted by Gasteiger charge is 2.55. The van der Waals surface area contributed by atoms with Crippen molar-refractivity contribution in [1.29, 1.82) is 0 Å². The summed E-state index contributed by atoms with van der Waals surface area (Å²) in [4.78, 5) is 28.7. The second kappa shape index (κ2) is 6.48. The second-order valence-corrected chi connectivity index (χ2v) is 7.55. The molecule has 2 aliphatic heterocycles. The van der Waals surface area contributed by atoms with Gasteiger partial charge in [-0.25, -0.2) is 4.98 Å². The van der Waals surface area contributed by atoms with Gasteiger partial charge in [-0.3, -0.25) is 14.3 Å². The van der Waals surface area contributed by atoms with Gasteiger partial charge in [0.2, 0.25) is 5.91 Å². The van der Waals surface area contributed by atoms with Crippen LogP contribution in [0.5, 0.6) is 0 Å². The molecule has 0 radical (unpaired) electrons. The minimum Gasteiger partial charge on any atom is -0.481 e. The summed E-state index contributed by atoms with van der Waals surface area (Å²) in [6, 6.07) is 0. The van der Waals surface area contributed by atoms with Gasteiger partial charge in [0.15, 0.2) is 5.13 Å². The van der Waals surface area contributed by atoms with E-state index in [1.807, 2.05) is 30.1 Å². The number of aryl methyl sites for hydroxylation is 2. The first-order valence-corrected chi connectivity index (χ1v) is 9.55. The summed E-state index contributed by atoms with van der Waals surface area (Å²) in [6.45, 7) is 4.71. The van der Waals surface area contributed by atoms with Crippen molar-refractivity contribution in [1.82, 2.24) is 14.8 Å². The van der Waals surface area contributed by atoms with E-state index in [1.54, 1.807) is 0 Å². The van der Waals surface area contributed by atoms with E-state index >= 15 is 0 Å². The lowest BCUT2D eigenvalue weighted by Crippen LogP contribution is -2.40. The Kier molecular flexibility index (Phi) is 4.28. The second-order valence-electron chi connectivity index (χ2n) is 6.69. The summed E-state index contributed by atoms with van der Waals surface area (Å²) in [5.74, 6) is -2.74. The fourth-order valence-corrected chi connectivity index (χ4v) is 4.61. The van der Waals surface area contributed by atoms with Gasteiger partial charge in [-0.15, -0.1) is 11.3 Å². The van der Waals surface area contributed by atoms with Crippen LogP contribution in [0.15, 0.2) is 11.6 Å². The number of nitrogens with one attached hydrogen (secondary N) is 1. The SMILES string of the molecule is CCn1cc(-c2csc(NC(=O)[C@H]3[C@H](C(=O)O)[C@H]4CC[C@H]3O4)n2)c(C)n1. The number of thiazole rings is 1. The Labute approximate surface area is 154 Å². The third kappa shape index (κ3) is 2.80. The van der Waals surface area contributed by atoms with Gasteiger partial charge in [-0.2, -0.15) is 5.10 Å². The van der Waals surface area contributed by atoms with Gasteiger partial charge in [0.25, 0.3) is 0 Å². The lowest BCUT2D eigenvalue weighted by molar-refractivity contribution is -0.147. The first kappa shape index (κ1) is 17.2. The molecule has 2 aliphatic rings. The molecule has 26 heavy (non-hydrogen) atoms. The Morgan fingerprint density at radius 1 is 1.38 bits per heavy atom. The molecule has 4 rings (SSSR count). The van der Waals surface area contributed by atoms with Crippen LogP contribution in [0.4, 0.5) is 5.13 Å². The van der Waals surface area contributed by atoms with Crippen molar-refractivity contribution in [3.05, 3.63) is 17.3 Å². The van der Waals surface area contributed by atoms with Crippen LogP contribution in [0, 0.1) is 18.8 Å². The molecule has 2 saturated heterocycles. The average Bonchev–Trinajstić information content (AvgIpc) is 3.36. The van der Waals surface area contributed by atoms with Crippen LogP contribution in [0.3, 0.4) is 0 Å². The number of hydrogen-bond donors (Lipinski definition) is 2. The fourth-order valence-electron chi connectivity index (χ4n) is 3.90. The molecule has 2 aromatic rings. The molecule has 0 unspecified atom stereocenters. The molecule has 2 aromatic heterocycles. The van der Waals surface area contributed by atoms with E-state index in [2.05, 4.69) is 15.4 Å². The van der Waals surface area contributed by atoms with Crippen molar-refractivity contribution in [3.63, 3.8) is 0 Å². The molecule has 138 valence electrons. The van der Waals surface area contributed by atoms with Crippen LogP contribution in [0.1, 0.15) is 25.5 Å². The first-order valence-electron chi connectivity index (χ1n) is 8.67. The number of hydrogen-bond acceptors (Lipinski definition) is 6. The maximum absolute atomic E-state index is 12.7. The number of nitrogens with zero attached hydrogens (tertiary/aromatic N) is 3. The highest BCUT2D eigenvalue weighted by atomic mass is 32.1. The normalized spacial score (nSPS) is 27.0. The van der Waals surface area contributed by atoms with E-state index in [9.17, 15) is 14.7 Å². The molecule has 1 amide bonds. The maximum atomic E-state index is 12.7. The lowest BCUT2D eigenvalue weighted by atomic mass is 9.79. The first-order chi connectivity index (χ1) is 12.5. The summed E-state index contributed by atoms with van der Waals surface area (Å²) in [6.07, 6.45) is 2.69. The van der Waals surface area contributed by atoms with Crippen LogP contribution in [0.2, 0.25) is 0 Å². The number of fused-ring (bicyclic) bond motifs is 2. The van der Waals surface area contributed by atoms with Crippen molar-refractivity contribution in [3.8, 4) is 11.3 Å². The number of ether oxygens (including phenoxy) is 1. The predicted molar refractivity (Wildman–Crippen MR) is 94.9 cm³/mol. The molecule has 2 fully saturated rings. The highest BCUT2D eigenvalue weighted by molar-refractivity contribution is 7.14. The smallest absolute Gasteiger partial charge is 0.310 e. The molecule has 2 bridgehead atoms. The zero-order valence-corrected chi connectivity index (χ0v) is 15.3. The van der Waals surface area contributed by atoms with E-state index in [0.717, 1.165) is 29.9 Å². The molecule has 0 spiro atoms. The van der Waals surface area contributed by atoms with Crippen LogP contribution < -0.4 is 5.32 Å². The van der Waals surface area contributed by atoms with Gasteiger partial charge in [0.1, 0.15) is 0 Å². The average molecular weight is 376 g/mol. The van der Waals surface area contributed by atoms with E-state index in [1.165, 1.54) is 11.3 Å². The maximum Gasteiger partial charge on any atom is 0.310 e. The monoisotopic (exact) mass is 376 g/mol. The fraction of sp³-hybridized carbons (Fsp3) is 0.529. The number of carbonyl (C=O) groups is 2. The Morgan fingerprint density at radius 2 is 2.12 bits per heavy atom. The van der Waals surface area contributed by atoms with Crippen molar-refractivity contribution >= 4 is 28.3 Å². The van der Waals surface area contributed by atoms with E-state index < -0.39 is 17.8 Å². The molecule has 0 aliphatic carbocycles. The third-order valence-corrected chi connectivity index (χ3v) is 5.90. The minimum absolute atomic E-state index is 0.314.